The Labute approximate surface area is 87.0 Å². The number of carbonyl (C=O) groups is 1. The fourth-order valence-electron chi connectivity index (χ4n) is 0.929. The van der Waals surface area contributed by atoms with Crippen molar-refractivity contribution in [3.63, 3.8) is 0 Å². The molecule has 5 nitrogen and oxygen atoms in total. The van der Waals surface area contributed by atoms with Gasteiger partial charge in [0.25, 0.3) is 12.5 Å². The monoisotopic (exact) mass is 234 g/mol. The molecule has 8 heteroatoms. The van der Waals surface area contributed by atoms with Crippen LogP contribution in [0, 0.1) is 27.6 Å². The molecule has 1 aromatic rings. The van der Waals surface area contributed by atoms with Crippen molar-refractivity contribution in [2.75, 3.05) is 11.9 Å². The number of amides is 1. The van der Waals surface area contributed by atoms with Crippen LogP contribution < -0.4 is 5.32 Å². The molecule has 86 valence electrons. The zero-order valence-electron chi connectivity index (χ0n) is 7.67. The fourth-order valence-corrected chi connectivity index (χ4v) is 0.929. The van der Waals surface area contributed by atoms with Gasteiger partial charge in [-0.25, -0.2) is 13.2 Å². The maximum atomic E-state index is 13.0. The summed E-state index contributed by atoms with van der Waals surface area (Å²) in [5.41, 5.74) is -0.647. The molecule has 0 radical (unpaired) electrons. The molecule has 1 amide bonds. The molecular weight excluding hydrogens is 229 g/mol. The summed E-state index contributed by atoms with van der Waals surface area (Å²) in [6.07, 6.45) is 0. The Balaban J connectivity index is 2.86. The molecule has 0 unspecified atom stereocenters. The third kappa shape index (κ3) is 2.69. The Morgan fingerprint density at radius 1 is 1.31 bits per heavy atom. The summed E-state index contributed by atoms with van der Waals surface area (Å²) in [6, 6.07) is 1.37. The van der Waals surface area contributed by atoms with E-state index in [1.807, 2.05) is 0 Å². The zero-order chi connectivity index (χ0) is 12.3. The lowest BCUT2D eigenvalue weighted by atomic mass is 10.3. The van der Waals surface area contributed by atoms with E-state index in [1.54, 1.807) is 5.32 Å². The summed E-state index contributed by atoms with van der Waals surface area (Å²) in [7, 11) is 0. The summed E-state index contributed by atoms with van der Waals surface area (Å²) in [5.74, 6) is -5.89. The third-order valence-corrected chi connectivity index (χ3v) is 1.58. The van der Waals surface area contributed by atoms with E-state index in [1.165, 1.54) is 0 Å². The van der Waals surface area contributed by atoms with Crippen molar-refractivity contribution >= 4 is 11.6 Å². The van der Waals surface area contributed by atoms with Gasteiger partial charge >= 0.3 is 0 Å². The number of hydrogen-bond donors (Lipinski definition) is 1. The molecule has 0 bridgehead atoms. The van der Waals surface area contributed by atoms with Crippen molar-refractivity contribution in [3.8, 4) is 0 Å². The second-order valence-electron chi connectivity index (χ2n) is 2.76. The molecule has 0 saturated carbocycles. The topological polar surface area (TPSA) is 72.2 Å². The number of hydrogen-bond acceptors (Lipinski definition) is 3. The first kappa shape index (κ1) is 12.0. The molecule has 0 spiro atoms. The van der Waals surface area contributed by atoms with Crippen LogP contribution in [-0.4, -0.2) is 17.4 Å². The predicted octanol–water partition coefficient (Wildman–Crippen LogP) is 1.32. The lowest BCUT2D eigenvalue weighted by Gasteiger charge is -2.04. The van der Waals surface area contributed by atoms with E-state index < -0.39 is 40.5 Å². The summed E-state index contributed by atoms with van der Waals surface area (Å²) >= 11 is 0. The van der Waals surface area contributed by atoms with Crippen molar-refractivity contribution in [3.05, 3.63) is 39.7 Å². The van der Waals surface area contributed by atoms with Crippen LogP contribution in [0.3, 0.4) is 0 Å². The number of nitrogens with zero attached hydrogens (tertiary/aromatic N) is 1. The summed E-state index contributed by atoms with van der Waals surface area (Å²) < 4.78 is 38.1. The van der Waals surface area contributed by atoms with Gasteiger partial charge in [-0.3, -0.25) is 14.9 Å². The largest absolute Gasteiger partial charge is 0.318 e. The van der Waals surface area contributed by atoms with Crippen LogP contribution in [0.15, 0.2) is 12.1 Å². The molecule has 0 aliphatic carbocycles. The van der Waals surface area contributed by atoms with Crippen molar-refractivity contribution in [2.24, 2.45) is 0 Å². The molecule has 0 aliphatic heterocycles. The molecule has 0 atom stereocenters. The quantitative estimate of drug-likeness (QED) is 0.487. The van der Waals surface area contributed by atoms with Gasteiger partial charge in [-0.15, -0.1) is 0 Å². The minimum Gasteiger partial charge on any atom is -0.318 e. The number of rotatable bonds is 3. The Morgan fingerprint density at radius 3 is 2.50 bits per heavy atom. The van der Waals surface area contributed by atoms with E-state index in [4.69, 9.17) is 0 Å². The SMILES string of the molecule is O=C(C[N+](=O)[O-])Nc1ccc(F)c(F)c1F. The van der Waals surface area contributed by atoms with Crippen LogP contribution in [0.1, 0.15) is 0 Å². The van der Waals surface area contributed by atoms with Gasteiger partial charge in [0.1, 0.15) is 0 Å². The Bertz CT molecular complexity index is 450. The van der Waals surface area contributed by atoms with E-state index in [9.17, 15) is 28.1 Å². The van der Waals surface area contributed by atoms with Gasteiger partial charge in [0.2, 0.25) is 0 Å². The van der Waals surface area contributed by atoms with Crippen LogP contribution in [0.5, 0.6) is 0 Å². The van der Waals surface area contributed by atoms with Crippen molar-refractivity contribution in [1.29, 1.82) is 0 Å². The van der Waals surface area contributed by atoms with Crippen molar-refractivity contribution in [2.45, 2.75) is 0 Å². The van der Waals surface area contributed by atoms with Crippen LogP contribution in [0.2, 0.25) is 0 Å². The van der Waals surface area contributed by atoms with Crippen LogP contribution >= 0.6 is 0 Å². The average molecular weight is 234 g/mol. The van der Waals surface area contributed by atoms with Crippen molar-refractivity contribution in [1.82, 2.24) is 0 Å². The first-order chi connectivity index (χ1) is 7.41. The van der Waals surface area contributed by atoms with Gasteiger partial charge in [0.15, 0.2) is 17.5 Å². The number of carbonyl (C=O) groups excluding carboxylic acids is 1. The highest BCUT2D eigenvalue weighted by molar-refractivity contribution is 5.91. The minimum atomic E-state index is -1.75. The van der Waals surface area contributed by atoms with Gasteiger partial charge in [0.05, 0.1) is 5.69 Å². The maximum absolute atomic E-state index is 13.0. The van der Waals surface area contributed by atoms with Crippen LogP contribution in [0.25, 0.3) is 0 Å². The van der Waals surface area contributed by atoms with E-state index >= 15 is 0 Å². The van der Waals surface area contributed by atoms with E-state index in [0.717, 1.165) is 6.07 Å². The molecule has 0 aromatic heterocycles. The highest BCUT2D eigenvalue weighted by Gasteiger charge is 2.17. The Morgan fingerprint density at radius 2 is 1.94 bits per heavy atom. The lowest BCUT2D eigenvalue weighted by molar-refractivity contribution is -0.467. The van der Waals surface area contributed by atoms with E-state index in [2.05, 4.69) is 0 Å². The standard InChI is InChI=1S/C8H5F3N2O3/c9-4-1-2-5(8(11)7(4)10)12-6(14)3-13(15)16/h1-2H,3H2,(H,12,14). The van der Waals surface area contributed by atoms with Gasteiger partial charge < -0.3 is 5.32 Å². The van der Waals surface area contributed by atoms with Crippen LogP contribution in [0.4, 0.5) is 18.9 Å². The minimum absolute atomic E-state index is 0.597. The first-order valence-electron chi connectivity index (χ1n) is 3.97. The summed E-state index contributed by atoms with van der Waals surface area (Å²) in [5, 5.41) is 11.7. The predicted molar refractivity (Wildman–Crippen MR) is 46.8 cm³/mol. The highest BCUT2D eigenvalue weighted by Crippen LogP contribution is 2.19. The van der Waals surface area contributed by atoms with E-state index in [-0.39, 0.29) is 0 Å². The first-order valence-corrected chi connectivity index (χ1v) is 3.97. The van der Waals surface area contributed by atoms with Crippen LogP contribution in [-0.2, 0) is 4.79 Å². The molecule has 1 aromatic carbocycles. The molecule has 16 heavy (non-hydrogen) atoms. The summed E-state index contributed by atoms with van der Waals surface area (Å²) in [4.78, 5) is 19.8. The highest BCUT2D eigenvalue weighted by atomic mass is 19.2. The van der Waals surface area contributed by atoms with Gasteiger partial charge in [-0.05, 0) is 12.1 Å². The molecule has 0 aliphatic rings. The maximum Gasteiger partial charge on any atom is 0.296 e. The average Bonchev–Trinajstić information content (AvgIpc) is 2.18. The Kier molecular flexibility index (Phi) is 3.44. The molecule has 0 heterocycles. The number of halogens is 3. The Hall–Kier alpha value is -2.12. The summed E-state index contributed by atoms with van der Waals surface area (Å²) in [6.45, 7) is -1.08. The number of nitrogens with one attached hydrogen (secondary N) is 1. The second-order valence-corrected chi connectivity index (χ2v) is 2.76. The molecular formula is C8H5F3N2O3. The third-order valence-electron chi connectivity index (χ3n) is 1.58. The normalized spacial score (nSPS) is 9.94. The zero-order valence-corrected chi connectivity index (χ0v) is 7.67. The fraction of sp³-hybridized carbons (Fsp3) is 0.125. The van der Waals surface area contributed by atoms with Gasteiger partial charge in [-0.2, -0.15) is 0 Å². The molecule has 1 N–H and O–H groups in total. The number of anilines is 1. The number of nitro groups is 1. The van der Waals surface area contributed by atoms with Crippen molar-refractivity contribution < 1.29 is 22.9 Å². The number of benzene rings is 1. The second kappa shape index (κ2) is 4.60. The smallest absolute Gasteiger partial charge is 0.296 e. The molecule has 0 fully saturated rings. The van der Waals surface area contributed by atoms with Gasteiger partial charge in [-0.1, -0.05) is 0 Å². The molecule has 1 rings (SSSR count). The molecule has 0 saturated heterocycles. The van der Waals surface area contributed by atoms with E-state index in [0.29, 0.717) is 6.07 Å². The lowest BCUT2D eigenvalue weighted by Crippen LogP contribution is -2.22. The van der Waals surface area contributed by atoms with Gasteiger partial charge in [0, 0.05) is 4.92 Å².